The van der Waals surface area contributed by atoms with Crippen LogP contribution in [0.2, 0.25) is 10.0 Å². The molecule has 1 fully saturated rings. The van der Waals surface area contributed by atoms with Crippen LogP contribution in [0.3, 0.4) is 0 Å². The topological polar surface area (TPSA) is 70.1 Å². The van der Waals surface area contributed by atoms with Gasteiger partial charge in [-0.3, -0.25) is 4.57 Å². The summed E-state index contributed by atoms with van der Waals surface area (Å²) in [5, 5.41) is 3.53. The lowest BCUT2D eigenvalue weighted by molar-refractivity contribution is 0.184. The Morgan fingerprint density at radius 2 is 1.81 bits per heavy atom. The number of likely N-dealkylation sites (tertiary alicyclic amines) is 1. The van der Waals surface area contributed by atoms with Gasteiger partial charge in [0.1, 0.15) is 0 Å². The normalized spacial score (nSPS) is 15.3. The van der Waals surface area contributed by atoms with Crippen molar-refractivity contribution in [2.24, 2.45) is 0 Å². The van der Waals surface area contributed by atoms with E-state index < -0.39 is 0 Å². The Balaban J connectivity index is 1.45. The Labute approximate surface area is 165 Å². The van der Waals surface area contributed by atoms with E-state index in [-0.39, 0.29) is 17.8 Å². The number of halogens is 2. The van der Waals surface area contributed by atoms with E-state index in [1.807, 2.05) is 24.3 Å². The van der Waals surface area contributed by atoms with Crippen molar-refractivity contribution in [3.8, 4) is 0 Å². The number of para-hydroxylation sites is 2. The van der Waals surface area contributed by atoms with Gasteiger partial charge in [0, 0.05) is 19.1 Å². The molecule has 4 rings (SSSR count). The van der Waals surface area contributed by atoms with Crippen molar-refractivity contribution in [2.75, 3.05) is 18.4 Å². The molecule has 0 radical (unpaired) electrons. The molecule has 0 unspecified atom stereocenters. The zero-order valence-corrected chi connectivity index (χ0v) is 15.9. The zero-order chi connectivity index (χ0) is 19.0. The van der Waals surface area contributed by atoms with Crippen LogP contribution in [0, 0.1) is 0 Å². The molecule has 3 aromatic rings. The Kier molecular flexibility index (Phi) is 4.85. The van der Waals surface area contributed by atoms with Gasteiger partial charge in [-0.15, -0.1) is 0 Å². The van der Waals surface area contributed by atoms with E-state index in [1.54, 1.807) is 27.7 Å². The van der Waals surface area contributed by atoms with Crippen molar-refractivity contribution in [2.45, 2.75) is 18.9 Å². The molecule has 1 aliphatic heterocycles. The third-order valence-electron chi connectivity index (χ3n) is 4.93. The van der Waals surface area contributed by atoms with Gasteiger partial charge in [0.15, 0.2) is 0 Å². The molecule has 0 bridgehead atoms. The number of aromatic nitrogens is 2. The number of hydrogen-bond donors (Lipinski definition) is 2. The highest BCUT2D eigenvalue weighted by Crippen LogP contribution is 2.30. The maximum Gasteiger partial charge on any atom is 0.326 e. The molecule has 1 saturated heterocycles. The van der Waals surface area contributed by atoms with Crippen molar-refractivity contribution >= 4 is 46.0 Å². The summed E-state index contributed by atoms with van der Waals surface area (Å²) in [5.41, 5.74) is 2.11. The van der Waals surface area contributed by atoms with E-state index in [0.29, 0.717) is 41.7 Å². The average Bonchev–Trinajstić information content (AvgIpc) is 3.01. The second-order valence-electron chi connectivity index (χ2n) is 6.57. The number of piperidine rings is 1. The first-order chi connectivity index (χ1) is 13.0. The van der Waals surface area contributed by atoms with Crippen LogP contribution in [0.25, 0.3) is 11.0 Å². The molecule has 2 N–H and O–H groups in total. The molecule has 2 aromatic carbocycles. The highest BCUT2D eigenvalue weighted by atomic mass is 35.5. The molecule has 0 saturated carbocycles. The number of anilines is 1. The maximum atomic E-state index is 12.5. The summed E-state index contributed by atoms with van der Waals surface area (Å²) < 4.78 is 1.80. The number of hydrogen-bond acceptors (Lipinski definition) is 2. The van der Waals surface area contributed by atoms with E-state index in [2.05, 4.69) is 10.3 Å². The molecule has 8 heteroatoms. The first kappa shape index (κ1) is 17.9. The SMILES string of the molecule is O=C(Nc1cccc(Cl)c1Cl)N1CCC(n2c(=O)[nH]c3ccccc32)CC1. The van der Waals surface area contributed by atoms with Crippen LogP contribution < -0.4 is 11.0 Å². The van der Waals surface area contributed by atoms with Crippen molar-refractivity contribution in [3.63, 3.8) is 0 Å². The van der Waals surface area contributed by atoms with Crippen LogP contribution in [-0.4, -0.2) is 33.6 Å². The summed E-state index contributed by atoms with van der Waals surface area (Å²) in [6.07, 6.45) is 1.41. The lowest BCUT2D eigenvalue weighted by Crippen LogP contribution is -2.42. The highest BCUT2D eigenvalue weighted by molar-refractivity contribution is 6.43. The van der Waals surface area contributed by atoms with Crippen molar-refractivity contribution in [1.82, 2.24) is 14.5 Å². The number of H-pyrrole nitrogens is 1. The van der Waals surface area contributed by atoms with Crippen LogP contribution in [0.5, 0.6) is 0 Å². The number of aromatic amines is 1. The molecule has 2 heterocycles. The molecule has 0 spiro atoms. The minimum Gasteiger partial charge on any atom is -0.324 e. The molecule has 1 aliphatic rings. The van der Waals surface area contributed by atoms with Crippen LogP contribution in [0.1, 0.15) is 18.9 Å². The number of carbonyl (C=O) groups is 1. The molecular weight excluding hydrogens is 387 g/mol. The quantitative estimate of drug-likeness (QED) is 0.659. The van der Waals surface area contributed by atoms with Gasteiger partial charge in [0.25, 0.3) is 0 Å². The molecule has 2 amide bonds. The van der Waals surface area contributed by atoms with Gasteiger partial charge in [-0.1, -0.05) is 41.4 Å². The molecule has 6 nitrogen and oxygen atoms in total. The van der Waals surface area contributed by atoms with Crippen LogP contribution in [0.15, 0.2) is 47.3 Å². The zero-order valence-electron chi connectivity index (χ0n) is 14.4. The van der Waals surface area contributed by atoms with Crippen LogP contribution in [-0.2, 0) is 0 Å². The molecular formula is C19H18Cl2N4O2. The monoisotopic (exact) mass is 404 g/mol. The number of nitrogens with one attached hydrogen (secondary N) is 2. The summed E-state index contributed by atoms with van der Waals surface area (Å²) >= 11 is 12.1. The Bertz CT molecular complexity index is 1050. The Hall–Kier alpha value is -2.44. The third kappa shape index (κ3) is 3.42. The number of urea groups is 1. The summed E-state index contributed by atoms with van der Waals surface area (Å²) in [6.45, 7) is 1.11. The number of imidazole rings is 1. The molecule has 0 atom stereocenters. The van der Waals surface area contributed by atoms with Gasteiger partial charge < -0.3 is 15.2 Å². The Morgan fingerprint density at radius 1 is 1.07 bits per heavy atom. The fourth-order valence-electron chi connectivity index (χ4n) is 3.56. The number of benzene rings is 2. The lowest BCUT2D eigenvalue weighted by atomic mass is 10.0. The lowest BCUT2D eigenvalue weighted by Gasteiger charge is -2.32. The van der Waals surface area contributed by atoms with E-state index >= 15 is 0 Å². The van der Waals surface area contributed by atoms with Gasteiger partial charge in [0.05, 0.1) is 26.8 Å². The van der Waals surface area contributed by atoms with Crippen molar-refractivity contribution < 1.29 is 4.79 Å². The molecule has 1 aromatic heterocycles. The molecule has 27 heavy (non-hydrogen) atoms. The second-order valence-corrected chi connectivity index (χ2v) is 7.35. The first-order valence-corrected chi connectivity index (χ1v) is 9.49. The third-order valence-corrected chi connectivity index (χ3v) is 5.75. The largest absolute Gasteiger partial charge is 0.326 e. The molecule has 140 valence electrons. The predicted molar refractivity (Wildman–Crippen MR) is 108 cm³/mol. The average molecular weight is 405 g/mol. The van der Waals surface area contributed by atoms with Gasteiger partial charge >= 0.3 is 11.7 Å². The van der Waals surface area contributed by atoms with Gasteiger partial charge in [-0.25, -0.2) is 9.59 Å². The van der Waals surface area contributed by atoms with Gasteiger partial charge in [-0.2, -0.15) is 0 Å². The minimum absolute atomic E-state index is 0.0625. The number of carbonyl (C=O) groups excluding carboxylic acids is 1. The summed E-state index contributed by atoms with van der Waals surface area (Å²) in [7, 11) is 0. The first-order valence-electron chi connectivity index (χ1n) is 8.74. The van der Waals surface area contributed by atoms with Crippen molar-refractivity contribution in [3.05, 3.63) is 63.0 Å². The summed E-state index contributed by atoms with van der Waals surface area (Å²) in [5.74, 6) is 0. The highest BCUT2D eigenvalue weighted by Gasteiger charge is 2.26. The summed E-state index contributed by atoms with van der Waals surface area (Å²) in [4.78, 5) is 29.5. The van der Waals surface area contributed by atoms with Gasteiger partial charge in [0.2, 0.25) is 0 Å². The standard InChI is InChI=1S/C19H18Cl2N4O2/c20-13-4-3-6-15(17(13)21)23-18(26)24-10-8-12(9-11-24)25-16-7-2-1-5-14(16)22-19(25)27/h1-7,12H,8-11H2,(H,22,27)(H,23,26). The van der Waals surface area contributed by atoms with Crippen molar-refractivity contribution in [1.29, 1.82) is 0 Å². The summed E-state index contributed by atoms with van der Waals surface area (Å²) in [6, 6.07) is 12.6. The fourth-order valence-corrected chi connectivity index (χ4v) is 3.91. The van der Waals surface area contributed by atoms with E-state index in [4.69, 9.17) is 23.2 Å². The number of amides is 2. The number of rotatable bonds is 2. The smallest absolute Gasteiger partial charge is 0.324 e. The second kappa shape index (κ2) is 7.29. The van der Waals surface area contributed by atoms with E-state index in [1.165, 1.54) is 0 Å². The van der Waals surface area contributed by atoms with Crippen LogP contribution in [0.4, 0.5) is 10.5 Å². The number of fused-ring (bicyclic) bond motifs is 1. The van der Waals surface area contributed by atoms with E-state index in [9.17, 15) is 9.59 Å². The predicted octanol–water partition coefficient (Wildman–Crippen LogP) is 4.51. The van der Waals surface area contributed by atoms with Gasteiger partial charge in [-0.05, 0) is 37.1 Å². The number of nitrogens with zero attached hydrogens (tertiary/aromatic N) is 2. The fraction of sp³-hybridized carbons (Fsp3) is 0.263. The van der Waals surface area contributed by atoms with Crippen LogP contribution >= 0.6 is 23.2 Å². The van der Waals surface area contributed by atoms with E-state index in [0.717, 1.165) is 11.0 Å². The molecule has 0 aliphatic carbocycles. The Morgan fingerprint density at radius 3 is 2.59 bits per heavy atom. The minimum atomic E-state index is -0.219. The maximum absolute atomic E-state index is 12.5.